The average molecular weight is 1020 g/mol. The van der Waals surface area contributed by atoms with Crippen LogP contribution >= 0.6 is 31.9 Å². The molecule has 1 fully saturated rings. The van der Waals surface area contributed by atoms with E-state index in [4.69, 9.17) is 19.9 Å². The van der Waals surface area contributed by atoms with E-state index in [-0.39, 0.29) is 17.7 Å². The van der Waals surface area contributed by atoms with Crippen molar-refractivity contribution in [2.75, 3.05) is 37.5 Å². The zero-order valence-electron chi connectivity index (χ0n) is 38.6. The summed E-state index contributed by atoms with van der Waals surface area (Å²) in [7, 11) is 0. The van der Waals surface area contributed by atoms with E-state index >= 15 is 0 Å². The van der Waals surface area contributed by atoms with E-state index in [1.165, 1.54) is 24.0 Å². The first-order chi connectivity index (χ1) is 32.0. The van der Waals surface area contributed by atoms with Gasteiger partial charge in [0.25, 0.3) is 0 Å². The summed E-state index contributed by atoms with van der Waals surface area (Å²) >= 11 is 7.12. The molecule has 1 saturated heterocycles. The van der Waals surface area contributed by atoms with Crippen molar-refractivity contribution in [2.24, 2.45) is 5.18 Å². The second-order valence-electron chi connectivity index (χ2n) is 15.7. The van der Waals surface area contributed by atoms with E-state index in [0.717, 1.165) is 68.6 Å². The second-order valence-corrected chi connectivity index (χ2v) is 17.5. The number of amides is 1. The van der Waals surface area contributed by atoms with Crippen molar-refractivity contribution < 1.29 is 19.0 Å². The predicted octanol–water partition coefficient (Wildman–Crippen LogP) is 15.4. The van der Waals surface area contributed by atoms with E-state index in [0.29, 0.717) is 42.4 Å². The minimum Gasteiger partial charge on any atom is -0.491 e. The number of benzene rings is 6. The predicted molar refractivity (Wildman–Crippen MR) is 281 cm³/mol. The smallest absolute Gasteiger partial charge is 0.228 e. The molecule has 0 saturated carbocycles. The van der Waals surface area contributed by atoms with Crippen LogP contribution in [0.3, 0.4) is 0 Å². The Morgan fingerprint density at radius 1 is 0.712 bits per heavy atom. The molecule has 6 aromatic carbocycles. The summed E-state index contributed by atoms with van der Waals surface area (Å²) in [6.07, 6.45) is 8.51. The molecule has 1 aliphatic rings. The van der Waals surface area contributed by atoms with Crippen LogP contribution < -0.4 is 20.5 Å². The summed E-state index contributed by atoms with van der Waals surface area (Å²) in [4.78, 5) is 22.7. The summed E-state index contributed by atoms with van der Waals surface area (Å²) < 4.78 is 18.8. The largest absolute Gasteiger partial charge is 0.491 e. The third-order valence-corrected chi connectivity index (χ3v) is 11.2. The molecule has 0 aliphatic carbocycles. The SMILES string of the molecule is C1CCOC1.C=CC(c1ccccc1)c1cc(Br)cc(N)c1OCCC.C=CC(c1ccccc1)c1cc(Br)cc(NC(=O)Cc2ccc(C)cc2)c1OCCC.Cc1ccc(N=O)cc1. The maximum absolute atomic E-state index is 12.8. The van der Waals surface area contributed by atoms with Gasteiger partial charge in [-0.25, -0.2) is 0 Å². The van der Waals surface area contributed by atoms with Crippen molar-refractivity contribution in [2.45, 2.75) is 71.6 Å². The minimum atomic E-state index is -0.0795. The number of ether oxygens (including phenoxy) is 3. The minimum absolute atomic E-state index is 0.0536. The normalized spacial score (nSPS) is 12.3. The second kappa shape index (κ2) is 29.0. The molecule has 1 amide bonds. The van der Waals surface area contributed by atoms with E-state index in [2.05, 4.69) is 99.7 Å². The summed E-state index contributed by atoms with van der Waals surface area (Å²) in [5.41, 5.74) is 15.5. The highest BCUT2D eigenvalue weighted by molar-refractivity contribution is 9.10. The van der Waals surface area contributed by atoms with E-state index in [1.807, 2.05) is 117 Å². The summed E-state index contributed by atoms with van der Waals surface area (Å²) in [5.74, 6) is 1.37. The highest BCUT2D eigenvalue weighted by Crippen LogP contribution is 2.41. The number of nitrogens with two attached hydrogens (primary N) is 1. The van der Waals surface area contributed by atoms with Gasteiger partial charge in [-0.15, -0.1) is 18.1 Å². The molecule has 0 radical (unpaired) electrons. The Morgan fingerprint density at radius 2 is 1.18 bits per heavy atom. The van der Waals surface area contributed by atoms with Gasteiger partial charge < -0.3 is 25.3 Å². The van der Waals surface area contributed by atoms with Gasteiger partial charge >= 0.3 is 0 Å². The zero-order chi connectivity index (χ0) is 47.7. The quantitative estimate of drug-likeness (QED) is 0.0567. The third-order valence-electron chi connectivity index (χ3n) is 10.3. The number of nitroso groups, excluding NO2 is 1. The van der Waals surface area contributed by atoms with Crippen molar-refractivity contribution >= 4 is 54.8 Å². The number of nitrogens with one attached hydrogen (secondary N) is 1. The fraction of sp³-hybridized carbons (Fsp3) is 0.268. The molecular weight excluding hydrogens is 954 g/mol. The molecule has 0 bridgehead atoms. The van der Waals surface area contributed by atoms with Gasteiger partial charge in [0.2, 0.25) is 5.91 Å². The highest BCUT2D eigenvalue weighted by Gasteiger charge is 2.22. The number of halogens is 2. The molecular formula is C56H63Br2N3O5. The first-order valence-corrected chi connectivity index (χ1v) is 24.0. The Hall–Kier alpha value is -5.81. The van der Waals surface area contributed by atoms with Gasteiger partial charge in [-0.3, -0.25) is 4.79 Å². The van der Waals surface area contributed by atoms with Crippen LogP contribution in [0.4, 0.5) is 17.1 Å². The van der Waals surface area contributed by atoms with Crippen LogP contribution in [0.15, 0.2) is 173 Å². The first-order valence-electron chi connectivity index (χ1n) is 22.4. The van der Waals surface area contributed by atoms with Gasteiger partial charge in [0.15, 0.2) is 0 Å². The fourth-order valence-corrected chi connectivity index (χ4v) is 7.92. The third kappa shape index (κ3) is 17.2. The molecule has 346 valence electrons. The Balaban J connectivity index is 0.000000231. The molecule has 2 unspecified atom stereocenters. The zero-order valence-corrected chi connectivity index (χ0v) is 41.8. The lowest BCUT2D eigenvalue weighted by molar-refractivity contribution is -0.115. The van der Waals surface area contributed by atoms with Crippen LogP contribution in [0.25, 0.3) is 0 Å². The number of allylic oxidation sites excluding steroid dienone is 2. The van der Waals surface area contributed by atoms with Crippen LogP contribution in [-0.2, 0) is 16.0 Å². The molecule has 7 rings (SSSR count). The number of carbonyl (C=O) groups is 1. The van der Waals surface area contributed by atoms with E-state index < -0.39 is 0 Å². The molecule has 0 aromatic heterocycles. The number of aryl methyl sites for hydroxylation is 2. The molecule has 66 heavy (non-hydrogen) atoms. The number of hydrogen-bond donors (Lipinski definition) is 2. The van der Waals surface area contributed by atoms with E-state index in [1.54, 1.807) is 12.1 Å². The first kappa shape index (κ1) is 52.8. The molecule has 6 aromatic rings. The van der Waals surface area contributed by atoms with Crippen LogP contribution in [0, 0.1) is 18.8 Å². The number of nitrogens with zero attached hydrogens (tertiary/aromatic N) is 1. The summed E-state index contributed by atoms with van der Waals surface area (Å²) in [6.45, 7) is 19.4. The van der Waals surface area contributed by atoms with Gasteiger partial charge in [-0.1, -0.05) is 166 Å². The standard InChI is InChI=1S/C27H28BrNO2.C18H20BrNO.C7H7NO.C4H8O/c1-4-15-31-27-24(23(5-2)21-9-7-6-8-10-21)17-22(28)18-25(27)29-26(30)16-20-13-11-19(3)12-14-20;1-3-10-21-18-16(11-14(19)12-17(18)20)15(4-2)13-8-6-5-7-9-13;1-6-2-4-7(8-9)5-3-6;1-2-4-5-3-1/h5-14,17-18,23H,2,4,15-16H2,1,3H3,(H,29,30);4-9,11-12,15H,2-3,10,20H2,1H3;2-5H,1H3;1-4H2. The van der Waals surface area contributed by atoms with Crippen molar-refractivity contribution in [3.05, 3.63) is 212 Å². The number of anilines is 2. The van der Waals surface area contributed by atoms with Crippen LogP contribution in [0.2, 0.25) is 0 Å². The molecule has 10 heteroatoms. The van der Waals surface area contributed by atoms with Crippen LogP contribution in [0.1, 0.15) is 90.3 Å². The van der Waals surface area contributed by atoms with Crippen molar-refractivity contribution in [1.82, 2.24) is 0 Å². The number of hydrogen-bond acceptors (Lipinski definition) is 7. The van der Waals surface area contributed by atoms with Crippen molar-refractivity contribution in [1.29, 1.82) is 0 Å². The van der Waals surface area contributed by atoms with E-state index in [9.17, 15) is 9.70 Å². The fourth-order valence-electron chi connectivity index (χ4n) is 6.95. The average Bonchev–Trinajstić information content (AvgIpc) is 3.92. The lowest BCUT2D eigenvalue weighted by Gasteiger charge is -2.22. The molecule has 1 heterocycles. The molecule has 2 atom stereocenters. The Morgan fingerprint density at radius 3 is 1.64 bits per heavy atom. The topological polar surface area (TPSA) is 112 Å². The van der Waals surface area contributed by atoms with Crippen LogP contribution in [-0.4, -0.2) is 32.3 Å². The highest BCUT2D eigenvalue weighted by atomic mass is 79.9. The van der Waals surface area contributed by atoms with Gasteiger partial charge in [0, 0.05) is 45.1 Å². The Kier molecular flexibility index (Phi) is 23.2. The molecule has 0 spiro atoms. The van der Waals surface area contributed by atoms with Gasteiger partial charge in [0.1, 0.15) is 17.2 Å². The number of carbonyl (C=O) groups excluding carboxylic acids is 1. The van der Waals surface area contributed by atoms with Gasteiger partial charge in [0.05, 0.1) is 31.0 Å². The molecule has 3 N–H and O–H groups in total. The maximum Gasteiger partial charge on any atom is 0.228 e. The monoisotopic (exact) mass is 1020 g/mol. The summed E-state index contributed by atoms with van der Waals surface area (Å²) in [5, 5.41) is 5.83. The molecule has 1 aliphatic heterocycles. The maximum atomic E-state index is 12.8. The Labute approximate surface area is 408 Å². The van der Waals surface area contributed by atoms with Gasteiger partial charge in [-0.05, 0) is 97.8 Å². The van der Waals surface area contributed by atoms with Crippen LogP contribution in [0.5, 0.6) is 11.5 Å². The molecule has 8 nitrogen and oxygen atoms in total. The van der Waals surface area contributed by atoms with Gasteiger partial charge in [-0.2, -0.15) is 0 Å². The summed E-state index contributed by atoms with van der Waals surface area (Å²) in [6, 6.07) is 43.4. The number of rotatable bonds is 16. The van der Waals surface area contributed by atoms with Crippen molar-refractivity contribution in [3.8, 4) is 11.5 Å². The van der Waals surface area contributed by atoms with Crippen molar-refractivity contribution in [3.63, 3.8) is 0 Å². The lowest BCUT2D eigenvalue weighted by Crippen LogP contribution is -2.16. The Bertz CT molecular complexity index is 2400. The lowest BCUT2D eigenvalue weighted by atomic mass is 9.90. The number of nitrogen functional groups attached to an aromatic ring is 1.